The highest BCUT2D eigenvalue weighted by Gasteiger charge is 2.38. The van der Waals surface area contributed by atoms with Gasteiger partial charge in [-0.15, -0.1) is 11.3 Å². The van der Waals surface area contributed by atoms with Gasteiger partial charge in [0.25, 0.3) is 0 Å². The Morgan fingerprint density at radius 2 is 1.94 bits per heavy atom. The second-order valence-corrected chi connectivity index (χ2v) is 10.3. The Hall–Kier alpha value is -2.65. The van der Waals surface area contributed by atoms with Crippen LogP contribution in [0.15, 0.2) is 23.6 Å². The predicted octanol–water partition coefficient (Wildman–Crippen LogP) is 2.78. The van der Waals surface area contributed by atoms with Crippen molar-refractivity contribution in [3.8, 4) is 11.5 Å². The number of nitrogens with one attached hydrogen (secondary N) is 1. The molecule has 2 aliphatic heterocycles. The van der Waals surface area contributed by atoms with Gasteiger partial charge in [0.05, 0.1) is 24.9 Å². The molecule has 2 aliphatic rings. The second kappa shape index (κ2) is 10.7. The fourth-order valence-corrected chi connectivity index (χ4v) is 5.54. The van der Waals surface area contributed by atoms with Gasteiger partial charge >= 0.3 is 0 Å². The number of aryl methyl sites for hydroxylation is 1. The van der Waals surface area contributed by atoms with Crippen LogP contribution in [0.1, 0.15) is 41.9 Å². The first kappa shape index (κ1) is 24.5. The summed E-state index contributed by atoms with van der Waals surface area (Å²) in [5, 5.41) is 6.38. The molecule has 2 amide bonds. The second-order valence-electron chi connectivity index (χ2n) is 9.21. The summed E-state index contributed by atoms with van der Waals surface area (Å²) >= 11 is 1.68. The summed E-state index contributed by atoms with van der Waals surface area (Å²) in [4.78, 5) is 34.0. The molecule has 1 N–H and O–H groups in total. The van der Waals surface area contributed by atoms with E-state index < -0.39 is 5.54 Å². The molecule has 184 valence electrons. The molecule has 1 aromatic carbocycles. The Morgan fingerprint density at radius 3 is 2.56 bits per heavy atom. The molecule has 34 heavy (non-hydrogen) atoms. The Labute approximate surface area is 205 Å². The van der Waals surface area contributed by atoms with Gasteiger partial charge in [-0.2, -0.15) is 0 Å². The molecule has 8 nitrogen and oxygen atoms in total. The van der Waals surface area contributed by atoms with Gasteiger partial charge in [0.1, 0.15) is 0 Å². The summed E-state index contributed by atoms with van der Waals surface area (Å²) < 4.78 is 10.8. The van der Waals surface area contributed by atoms with Crippen LogP contribution in [0.4, 0.5) is 0 Å². The zero-order chi connectivity index (χ0) is 24.1. The maximum Gasteiger partial charge on any atom is 0.222 e. The first-order valence-corrected chi connectivity index (χ1v) is 12.7. The van der Waals surface area contributed by atoms with Crippen molar-refractivity contribution in [2.24, 2.45) is 0 Å². The molecule has 2 saturated heterocycles. The van der Waals surface area contributed by atoms with Crippen LogP contribution in [-0.2, 0) is 22.6 Å². The van der Waals surface area contributed by atoms with Gasteiger partial charge in [0, 0.05) is 56.5 Å². The van der Waals surface area contributed by atoms with Crippen molar-refractivity contribution in [2.75, 3.05) is 40.4 Å². The van der Waals surface area contributed by atoms with Gasteiger partial charge < -0.3 is 19.7 Å². The summed E-state index contributed by atoms with van der Waals surface area (Å²) in [6.45, 7) is 6.04. The number of nitrogens with zero attached hydrogens (tertiary/aromatic N) is 3. The minimum atomic E-state index is -0.406. The van der Waals surface area contributed by atoms with Gasteiger partial charge in [0.2, 0.25) is 11.8 Å². The van der Waals surface area contributed by atoms with E-state index in [4.69, 9.17) is 9.47 Å². The van der Waals surface area contributed by atoms with Crippen molar-refractivity contribution in [3.05, 3.63) is 39.8 Å². The monoisotopic (exact) mass is 486 g/mol. The standard InChI is InChI=1S/C25H34N4O4S/c1-18-26-20(17-34-18)16-28-10-12-29(13-11-28)24(31)7-9-25(8-6-23(30)27-25)15-19-4-5-21(32-2)22(14-19)33-3/h4-5,14,17H,6-13,15-16H2,1-3H3,(H,27,30). The maximum atomic E-state index is 13.0. The van der Waals surface area contributed by atoms with Gasteiger partial charge in [-0.25, -0.2) is 4.98 Å². The lowest BCUT2D eigenvalue weighted by molar-refractivity contribution is -0.133. The molecule has 4 rings (SSSR count). The number of rotatable bonds is 9. The SMILES string of the molecule is COc1ccc(CC2(CCC(=O)N3CCN(Cc4csc(C)n4)CC3)CCC(=O)N2)cc1OC. The van der Waals surface area contributed by atoms with Gasteiger partial charge in [-0.1, -0.05) is 6.07 Å². The number of ether oxygens (including phenoxy) is 2. The van der Waals surface area contributed by atoms with Crippen LogP contribution >= 0.6 is 11.3 Å². The number of thiazole rings is 1. The van der Waals surface area contributed by atoms with Crippen LogP contribution in [0.5, 0.6) is 11.5 Å². The molecule has 2 fully saturated rings. The molecule has 0 aliphatic carbocycles. The molecule has 2 aromatic rings. The molecular weight excluding hydrogens is 452 g/mol. The van der Waals surface area contributed by atoms with Crippen LogP contribution < -0.4 is 14.8 Å². The van der Waals surface area contributed by atoms with Crippen molar-refractivity contribution >= 4 is 23.2 Å². The number of methoxy groups -OCH3 is 2. The molecular formula is C25H34N4O4S. The first-order chi connectivity index (χ1) is 16.4. The Bertz CT molecular complexity index is 1020. The summed E-state index contributed by atoms with van der Waals surface area (Å²) in [7, 11) is 3.23. The van der Waals surface area contributed by atoms with Gasteiger partial charge in [-0.05, 0) is 43.9 Å². The van der Waals surface area contributed by atoms with Crippen LogP contribution in [0.2, 0.25) is 0 Å². The third-order valence-corrected chi connectivity index (χ3v) is 7.64. The molecule has 0 saturated carbocycles. The van der Waals surface area contributed by atoms with Gasteiger partial charge in [-0.3, -0.25) is 14.5 Å². The van der Waals surface area contributed by atoms with Gasteiger partial charge in [0.15, 0.2) is 11.5 Å². The minimum Gasteiger partial charge on any atom is -0.493 e. The Kier molecular flexibility index (Phi) is 7.73. The molecule has 1 unspecified atom stereocenters. The number of carbonyl (C=O) groups is 2. The minimum absolute atomic E-state index is 0.0545. The van der Waals surface area contributed by atoms with Crippen LogP contribution in [0.3, 0.4) is 0 Å². The molecule has 1 aromatic heterocycles. The fourth-order valence-electron chi connectivity index (χ4n) is 4.93. The average Bonchev–Trinajstić information content (AvgIpc) is 3.42. The smallest absolute Gasteiger partial charge is 0.222 e. The summed E-state index contributed by atoms with van der Waals surface area (Å²) in [6, 6.07) is 5.84. The first-order valence-electron chi connectivity index (χ1n) is 11.8. The van der Waals surface area contributed by atoms with Crippen molar-refractivity contribution in [1.29, 1.82) is 0 Å². The summed E-state index contributed by atoms with van der Waals surface area (Å²) in [5.74, 6) is 1.56. The van der Waals surface area contributed by atoms with E-state index in [-0.39, 0.29) is 11.8 Å². The number of benzene rings is 1. The largest absolute Gasteiger partial charge is 0.493 e. The number of carbonyl (C=O) groups excluding carboxylic acids is 2. The fraction of sp³-hybridized carbons (Fsp3) is 0.560. The Balaban J connectivity index is 1.32. The number of piperazine rings is 1. The number of hydrogen-bond acceptors (Lipinski definition) is 7. The molecule has 0 radical (unpaired) electrons. The van der Waals surface area contributed by atoms with Crippen molar-refractivity contribution in [1.82, 2.24) is 20.1 Å². The number of amides is 2. The van der Waals surface area contributed by atoms with E-state index in [2.05, 4.69) is 20.6 Å². The highest BCUT2D eigenvalue weighted by Crippen LogP contribution is 2.33. The van der Waals surface area contributed by atoms with Crippen molar-refractivity contribution in [2.45, 2.75) is 51.1 Å². The van der Waals surface area contributed by atoms with Crippen LogP contribution in [0.25, 0.3) is 0 Å². The van der Waals surface area contributed by atoms with Crippen molar-refractivity contribution in [3.63, 3.8) is 0 Å². The van der Waals surface area contributed by atoms with E-state index in [1.807, 2.05) is 30.0 Å². The third-order valence-electron chi connectivity index (χ3n) is 6.82. The highest BCUT2D eigenvalue weighted by atomic mass is 32.1. The zero-order valence-corrected chi connectivity index (χ0v) is 21.1. The topological polar surface area (TPSA) is 84.0 Å². The van der Waals surface area contributed by atoms with E-state index in [0.717, 1.165) is 55.4 Å². The molecule has 1 atom stereocenters. The molecule has 3 heterocycles. The van der Waals surface area contributed by atoms with E-state index >= 15 is 0 Å². The maximum absolute atomic E-state index is 13.0. The number of aromatic nitrogens is 1. The Morgan fingerprint density at radius 1 is 1.18 bits per heavy atom. The number of hydrogen-bond donors (Lipinski definition) is 1. The van der Waals surface area contributed by atoms with E-state index in [1.54, 1.807) is 25.6 Å². The third kappa shape index (κ3) is 5.88. The van der Waals surface area contributed by atoms with Crippen LogP contribution in [-0.4, -0.2) is 72.5 Å². The average molecular weight is 487 g/mol. The highest BCUT2D eigenvalue weighted by molar-refractivity contribution is 7.09. The lowest BCUT2D eigenvalue weighted by Gasteiger charge is -2.35. The molecule has 0 bridgehead atoms. The quantitative estimate of drug-likeness (QED) is 0.587. The van der Waals surface area contributed by atoms with Crippen molar-refractivity contribution < 1.29 is 19.1 Å². The lowest BCUT2D eigenvalue weighted by atomic mass is 9.84. The normalized spacial score (nSPS) is 20.9. The van der Waals surface area contributed by atoms with E-state index in [1.165, 1.54) is 0 Å². The lowest BCUT2D eigenvalue weighted by Crippen LogP contribution is -2.49. The summed E-state index contributed by atoms with van der Waals surface area (Å²) in [6.07, 6.45) is 2.95. The van der Waals surface area contributed by atoms with E-state index in [9.17, 15) is 9.59 Å². The predicted molar refractivity (Wildman–Crippen MR) is 131 cm³/mol. The molecule has 0 spiro atoms. The van der Waals surface area contributed by atoms with Crippen LogP contribution in [0, 0.1) is 6.92 Å². The summed E-state index contributed by atoms with van der Waals surface area (Å²) in [5.41, 5.74) is 1.76. The zero-order valence-electron chi connectivity index (χ0n) is 20.3. The molecule has 9 heteroatoms. The van der Waals surface area contributed by atoms with E-state index in [0.29, 0.717) is 37.2 Å².